The van der Waals surface area contributed by atoms with Crippen LogP contribution in [0.4, 0.5) is 13.2 Å². The number of thioether (sulfide) groups is 1. The smallest absolute Gasteiger partial charge is 0.371 e. The summed E-state index contributed by atoms with van der Waals surface area (Å²) < 4.78 is 45.8. The van der Waals surface area contributed by atoms with Gasteiger partial charge in [-0.15, -0.1) is 11.8 Å². The fourth-order valence-corrected chi connectivity index (χ4v) is 3.52. The third-order valence-corrected chi connectivity index (χ3v) is 5.28. The fourth-order valence-electron chi connectivity index (χ4n) is 2.65. The summed E-state index contributed by atoms with van der Waals surface area (Å²) in [7, 11) is 0. The van der Waals surface area contributed by atoms with Crippen molar-refractivity contribution in [2.45, 2.75) is 17.1 Å². The van der Waals surface area contributed by atoms with Crippen LogP contribution in [0.2, 0.25) is 0 Å². The first-order chi connectivity index (χ1) is 14.9. The molecule has 0 fully saturated rings. The lowest BCUT2D eigenvalue weighted by molar-refractivity contribution is -0.136. The Morgan fingerprint density at radius 2 is 1.68 bits per heavy atom. The zero-order valence-electron chi connectivity index (χ0n) is 16.2. The molecule has 1 heterocycles. The number of benzene rings is 2. The van der Waals surface area contributed by atoms with Gasteiger partial charge in [0.15, 0.2) is 0 Å². The van der Waals surface area contributed by atoms with Gasteiger partial charge in [0.1, 0.15) is 17.5 Å². The number of rotatable bonds is 9. The molecule has 0 bridgehead atoms. The molecule has 3 aromatic rings. The largest absolute Gasteiger partial charge is 0.486 e. The Morgan fingerprint density at radius 3 is 2.35 bits per heavy atom. The van der Waals surface area contributed by atoms with E-state index in [1.54, 1.807) is 30.3 Å². The predicted octanol–water partition coefficient (Wildman–Crippen LogP) is 5.48. The van der Waals surface area contributed by atoms with Crippen LogP contribution in [0.3, 0.4) is 0 Å². The monoisotopic (exact) mass is 445 g/mol. The molecule has 0 spiro atoms. The van der Waals surface area contributed by atoms with Crippen molar-refractivity contribution in [1.29, 1.82) is 0 Å². The van der Waals surface area contributed by atoms with Crippen LogP contribution in [0.25, 0.3) is 6.08 Å². The Kier molecular flexibility index (Phi) is 7.72. The van der Waals surface area contributed by atoms with Gasteiger partial charge in [0.2, 0.25) is 5.76 Å². The number of carboxylic acid groups (broad SMARTS) is 1. The minimum absolute atomic E-state index is 0.0892. The van der Waals surface area contributed by atoms with E-state index in [4.69, 9.17) is 4.74 Å². The van der Waals surface area contributed by atoms with E-state index in [0.717, 1.165) is 17.3 Å². The quantitative estimate of drug-likeness (QED) is 0.269. The second-order valence-electron chi connectivity index (χ2n) is 6.43. The van der Waals surface area contributed by atoms with Gasteiger partial charge in [-0.25, -0.2) is 18.0 Å². The van der Waals surface area contributed by atoms with E-state index in [-0.39, 0.29) is 28.8 Å². The second-order valence-corrected chi connectivity index (χ2v) is 7.42. The molecule has 1 N–H and O–H groups in total. The standard InChI is InChI=1S/C23H18F3NO3S/c24-16-9-7-15(8-10-16)11-12-30-21(23(28)29)13-17-3-1-4-18(27-17)14-31-22-19(25)5-2-6-20(22)26/h1-10,13H,11-12,14H2,(H,28,29)/b21-13+. The molecule has 160 valence electrons. The Balaban J connectivity index is 1.65. The maximum absolute atomic E-state index is 13.8. The van der Waals surface area contributed by atoms with Crippen molar-refractivity contribution in [3.63, 3.8) is 0 Å². The van der Waals surface area contributed by atoms with Gasteiger partial charge in [0, 0.05) is 18.2 Å². The number of hydrogen-bond acceptors (Lipinski definition) is 4. The highest BCUT2D eigenvalue weighted by Gasteiger charge is 2.12. The number of halogens is 3. The Labute approximate surface area is 181 Å². The molecule has 0 saturated heterocycles. The molecule has 31 heavy (non-hydrogen) atoms. The van der Waals surface area contributed by atoms with E-state index in [2.05, 4.69) is 4.98 Å². The maximum Gasteiger partial charge on any atom is 0.371 e. The highest BCUT2D eigenvalue weighted by Crippen LogP contribution is 2.27. The van der Waals surface area contributed by atoms with E-state index in [0.29, 0.717) is 17.8 Å². The summed E-state index contributed by atoms with van der Waals surface area (Å²) in [5, 5.41) is 9.39. The van der Waals surface area contributed by atoms with Crippen LogP contribution in [0.1, 0.15) is 17.0 Å². The van der Waals surface area contributed by atoms with Crippen LogP contribution in [-0.2, 0) is 21.7 Å². The third kappa shape index (κ3) is 6.62. The van der Waals surface area contributed by atoms with E-state index in [1.165, 1.54) is 36.4 Å². The predicted molar refractivity (Wildman–Crippen MR) is 112 cm³/mol. The molecular weight excluding hydrogens is 427 g/mol. The summed E-state index contributed by atoms with van der Waals surface area (Å²) in [6.07, 6.45) is 1.69. The van der Waals surface area contributed by atoms with Crippen LogP contribution < -0.4 is 0 Å². The molecule has 0 saturated carbocycles. The molecule has 4 nitrogen and oxygen atoms in total. The minimum Gasteiger partial charge on any atom is -0.486 e. The summed E-state index contributed by atoms with van der Waals surface area (Å²) in [5.41, 5.74) is 1.67. The molecule has 2 aromatic carbocycles. The van der Waals surface area contributed by atoms with Gasteiger partial charge >= 0.3 is 5.97 Å². The highest BCUT2D eigenvalue weighted by molar-refractivity contribution is 7.98. The van der Waals surface area contributed by atoms with Crippen LogP contribution >= 0.6 is 11.8 Å². The maximum atomic E-state index is 13.8. The number of carbonyl (C=O) groups is 1. The molecule has 0 amide bonds. The number of carboxylic acids is 1. The van der Waals surface area contributed by atoms with Crippen molar-refractivity contribution >= 4 is 23.8 Å². The highest BCUT2D eigenvalue weighted by atomic mass is 32.2. The van der Waals surface area contributed by atoms with E-state index < -0.39 is 17.6 Å². The van der Waals surface area contributed by atoms with Crippen molar-refractivity contribution in [2.75, 3.05) is 6.61 Å². The van der Waals surface area contributed by atoms with Crippen molar-refractivity contribution in [1.82, 2.24) is 4.98 Å². The summed E-state index contributed by atoms with van der Waals surface area (Å²) in [5.74, 6) is -2.99. The number of nitrogens with zero attached hydrogens (tertiary/aromatic N) is 1. The molecule has 0 radical (unpaired) electrons. The fraction of sp³-hybridized carbons (Fsp3) is 0.130. The molecule has 1 aromatic heterocycles. The molecule has 0 aliphatic carbocycles. The lowest BCUT2D eigenvalue weighted by Gasteiger charge is -2.08. The Morgan fingerprint density at radius 1 is 1.00 bits per heavy atom. The molecule has 0 unspecified atom stereocenters. The average Bonchev–Trinajstić information content (AvgIpc) is 2.74. The summed E-state index contributed by atoms with van der Waals surface area (Å²) in [6.45, 7) is 0.0892. The van der Waals surface area contributed by atoms with Crippen LogP contribution in [-0.4, -0.2) is 22.7 Å². The molecule has 3 rings (SSSR count). The van der Waals surface area contributed by atoms with E-state index >= 15 is 0 Å². The molecule has 0 atom stereocenters. The van der Waals surface area contributed by atoms with Gasteiger partial charge in [0.05, 0.1) is 22.9 Å². The average molecular weight is 445 g/mol. The Hall–Kier alpha value is -3.26. The first-order valence-electron chi connectivity index (χ1n) is 9.27. The number of hydrogen-bond donors (Lipinski definition) is 1. The molecule has 0 aliphatic heterocycles. The van der Waals surface area contributed by atoms with Crippen molar-refractivity contribution < 1.29 is 27.8 Å². The van der Waals surface area contributed by atoms with Crippen molar-refractivity contribution in [3.8, 4) is 0 Å². The Bertz CT molecular complexity index is 1070. The number of ether oxygens (including phenoxy) is 1. The van der Waals surface area contributed by atoms with Crippen LogP contribution in [0.15, 0.2) is 71.3 Å². The third-order valence-electron chi connectivity index (χ3n) is 4.16. The molecular formula is C23H18F3NO3S. The van der Waals surface area contributed by atoms with Gasteiger partial charge in [-0.05, 0) is 42.0 Å². The van der Waals surface area contributed by atoms with E-state index in [1.807, 2.05) is 0 Å². The number of aromatic nitrogens is 1. The zero-order chi connectivity index (χ0) is 22.2. The lowest BCUT2D eigenvalue weighted by atomic mass is 10.2. The van der Waals surface area contributed by atoms with Gasteiger partial charge in [-0.1, -0.05) is 24.3 Å². The van der Waals surface area contributed by atoms with Gasteiger partial charge in [0.25, 0.3) is 0 Å². The van der Waals surface area contributed by atoms with E-state index in [9.17, 15) is 23.1 Å². The first kappa shape index (κ1) is 22.4. The lowest BCUT2D eigenvalue weighted by Crippen LogP contribution is -2.08. The number of aliphatic carboxylic acids is 1. The normalized spacial score (nSPS) is 11.4. The van der Waals surface area contributed by atoms with Gasteiger partial charge in [-0.3, -0.25) is 4.98 Å². The minimum atomic E-state index is -1.26. The zero-order valence-corrected chi connectivity index (χ0v) is 17.0. The van der Waals surface area contributed by atoms with Crippen LogP contribution in [0, 0.1) is 17.5 Å². The molecule has 0 aliphatic rings. The first-order valence-corrected chi connectivity index (χ1v) is 10.3. The molecule has 8 heteroatoms. The van der Waals surface area contributed by atoms with Gasteiger partial charge < -0.3 is 9.84 Å². The van der Waals surface area contributed by atoms with Crippen LogP contribution in [0.5, 0.6) is 0 Å². The SMILES string of the molecule is O=C(O)/C(=C\c1cccc(CSc2c(F)cccc2F)n1)OCCc1ccc(F)cc1. The second kappa shape index (κ2) is 10.7. The summed E-state index contributed by atoms with van der Waals surface area (Å²) >= 11 is 0.966. The number of pyridine rings is 1. The van der Waals surface area contributed by atoms with Crippen molar-refractivity contribution in [2.24, 2.45) is 0 Å². The van der Waals surface area contributed by atoms with Crippen molar-refractivity contribution in [3.05, 3.63) is 101 Å². The summed E-state index contributed by atoms with van der Waals surface area (Å²) in [4.78, 5) is 15.7. The topological polar surface area (TPSA) is 59.4 Å². The summed E-state index contributed by atoms with van der Waals surface area (Å²) in [6, 6.07) is 14.5. The van der Waals surface area contributed by atoms with Gasteiger partial charge in [-0.2, -0.15) is 0 Å².